The standard InChI is InChI=1S/C18H22ClN3O3/c1-21(10-16(23)20-15-9-5-4-8-14(15)19)11-22-17(24)12-6-2-3-7-13(12)18(22)25/h4-5,8-9,12-13H,2-3,6-7,10-11H2,1H3,(H,20,23)/t12-,13+. The zero-order valence-corrected chi connectivity index (χ0v) is 15.0. The number of fused-ring (bicyclic) bond motifs is 1. The first-order valence-corrected chi connectivity index (χ1v) is 8.93. The Morgan fingerprint density at radius 3 is 2.40 bits per heavy atom. The van der Waals surface area contributed by atoms with Gasteiger partial charge in [0, 0.05) is 0 Å². The second-order valence-electron chi connectivity index (χ2n) is 6.79. The van der Waals surface area contributed by atoms with Crippen molar-refractivity contribution in [3.8, 4) is 0 Å². The van der Waals surface area contributed by atoms with E-state index < -0.39 is 0 Å². The number of halogens is 1. The number of carbonyl (C=O) groups is 3. The molecule has 134 valence electrons. The van der Waals surface area contributed by atoms with Crippen molar-refractivity contribution in [1.82, 2.24) is 9.80 Å². The number of para-hydroxylation sites is 1. The quantitative estimate of drug-likeness (QED) is 0.815. The van der Waals surface area contributed by atoms with E-state index in [1.807, 2.05) is 0 Å². The van der Waals surface area contributed by atoms with Gasteiger partial charge in [0.05, 0.1) is 35.8 Å². The number of hydrogen-bond donors (Lipinski definition) is 1. The van der Waals surface area contributed by atoms with Gasteiger partial charge >= 0.3 is 0 Å². The summed E-state index contributed by atoms with van der Waals surface area (Å²) in [5, 5.41) is 3.20. The topological polar surface area (TPSA) is 69.7 Å². The molecule has 0 aromatic heterocycles. The Kier molecular flexibility index (Phi) is 5.39. The maximum absolute atomic E-state index is 12.5. The Bertz CT molecular complexity index is 670. The summed E-state index contributed by atoms with van der Waals surface area (Å²) >= 11 is 6.02. The van der Waals surface area contributed by atoms with Crippen molar-refractivity contribution in [3.05, 3.63) is 29.3 Å². The lowest BCUT2D eigenvalue weighted by Gasteiger charge is -2.23. The van der Waals surface area contributed by atoms with E-state index in [-0.39, 0.29) is 42.8 Å². The largest absolute Gasteiger partial charge is 0.324 e. The predicted octanol–water partition coefficient (Wildman–Crippen LogP) is 2.34. The number of rotatable bonds is 5. The molecule has 1 saturated heterocycles. The van der Waals surface area contributed by atoms with Crippen molar-refractivity contribution in [2.45, 2.75) is 25.7 Å². The maximum Gasteiger partial charge on any atom is 0.238 e. The summed E-state index contributed by atoms with van der Waals surface area (Å²) in [5.41, 5.74) is 0.543. The van der Waals surface area contributed by atoms with Crippen molar-refractivity contribution >= 4 is 35.0 Å². The number of benzene rings is 1. The summed E-state index contributed by atoms with van der Waals surface area (Å²) in [6.45, 7) is 0.207. The molecule has 0 unspecified atom stereocenters. The van der Waals surface area contributed by atoms with Gasteiger partial charge in [0.2, 0.25) is 17.7 Å². The van der Waals surface area contributed by atoms with Gasteiger partial charge in [-0.2, -0.15) is 0 Å². The summed E-state index contributed by atoms with van der Waals surface area (Å²) < 4.78 is 0. The highest BCUT2D eigenvalue weighted by molar-refractivity contribution is 6.33. The van der Waals surface area contributed by atoms with Crippen LogP contribution in [0.2, 0.25) is 5.02 Å². The van der Waals surface area contributed by atoms with Crippen LogP contribution in [0.5, 0.6) is 0 Å². The summed E-state index contributed by atoms with van der Waals surface area (Å²) in [6, 6.07) is 6.99. The van der Waals surface area contributed by atoms with Crippen LogP contribution in [0.15, 0.2) is 24.3 Å². The number of imide groups is 1. The van der Waals surface area contributed by atoms with Crippen LogP contribution in [0, 0.1) is 11.8 Å². The highest BCUT2D eigenvalue weighted by Gasteiger charge is 2.48. The van der Waals surface area contributed by atoms with Crippen LogP contribution in [0.1, 0.15) is 25.7 Å². The van der Waals surface area contributed by atoms with E-state index >= 15 is 0 Å². The Labute approximate surface area is 152 Å². The first kappa shape index (κ1) is 17.9. The maximum atomic E-state index is 12.5. The molecular formula is C18H22ClN3O3. The summed E-state index contributed by atoms with van der Waals surface area (Å²) in [4.78, 5) is 40.1. The molecule has 1 saturated carbocycles. The van der Waals surface area contributed by atoms with Crippen molar-refractivity contribution in [2.24, 2.45) is 11.8 Å². The zero-order valence-electron chi connectivity index (χ0n) is 14.2. The molecule has 3 rings (SSSR count). The summed E-state index contributed by atoms with van der Waals surface area (Å²) in [7, 11) is 1.72. The van der Waals surface area contributed by atoms with E-state index in [0.29, 0.717) is 10.7 Å². The van der Waals surface area contributed by atoms with Crippen LogP contribution in [0.3, 0.4) is 0 Å². The fourth-order valence-electron chi connectivity index (χ4n) is 3.66. The lowest BCUT2D eigenvalue weighted by atomic mass is 9.81. The molecule has 1 N–H and O–H groups in total. The summed E-state index contributed by atoms with van der Waals surface area (Å²) in [5.74, 6) is -0.744. The number of anilines is 1. The lowest BCUT2D eigenvalue weighted by Crippen LogP contribution is -2.42. The number of nitrogens with one attached hydrogen (secondary N) is 1. The van der Waals surface area contributed by atoms with Gasteiger partial charge < -0.3 is 5.32 Å². The Hall–Kier alpha value is -1.92. The number of likely N-dealkylation sites (N-methyl/N-ethyl adjacent to an activating group) is 1. The van der Waals surface area contributed by atoms with E-state index in [4.69, 9.17) is 11.6 Å². The molecule has 1 aromatic rings. The first-order chi connectivity index (χ1) is 12.0. The molecular weight excluding hydrogens is 342 g/mol. The van der Waals surface area contributed by atoms with E-state index in [1.165, 1.54) is 4.90 Å². The highest BCUT2D eigenvalue weighted by atomic mass is 35.5. The van der Waals surface area contributed by atoms with E-state index in [0.717, 1.165) is 25.7 Å². The third kappa shape index (κ3) is 3.85. The minimum Gasteiger partial charge on any atom is -0.324 e. The molecule has 6 nitrogen and oxygen atoms in total. The van der Waals surface area contributed by atoms with Gasteiger partial charge in [0.1, 0.15) is 0 Å². The summed E-state index contributed by atoms with van der Waals surface area (Å²) in [6.07, 6.45) is 3.60. The Morgan fingerprint density at radius 1 is 1.20 bits per heavy atom. The number of nitrogens with zero attached hydrogens (tertiary/aromatic N) is 2. The van der Waals surface area contributed by atoms with E-state index in [2.05, 4.69) is 5.32 Å². The monoisotopic (exact) mass is 363 g/mol. The van der Waals surface area contributed by atoms with Gasteiger partial charge in [-0.3, -0.25) is 24.2 Å². The van der Waals surface area contributed by atoms with Crippen LogP contribution in [0.4, 0.5) is 5.69 Å². The van der Waals surface area contributed by atoms with Crippen LogP contribution >= 0.6 is 11.6 Å². The molecule has 2 atom stereocenters. The second kappa shape index (κ2) is 7.54. The van der Waals surface area contributed by atoms with Gasteiger partial charge in [-0.25, -0.2) is 0 Å². The number of carbonyl (C=O) groups excluding carboxylic acids is 3. The molecule has 2 aliphatic rings. The minimum atomic E-state index is -0.243. The predicted molar refractivity (Wildman–Crippen MR) is 94.9 cm³/mol. The number of amides is 3. The van der Waals surface area contributed by atoms with Crippen molar-refractivity contribution < 1.29 is 14.4 Å². The van der Waals surface area contributed by atoms with Crippen molar-refractivity contribution in [2.75, 3.05) is 25.6 Å². The number of hydrogen-bond acceptors (Lipinski definition) is 4. The van der Waals surface area contributed by atoms with Crippen LogP contribution in [-0.4, -0.2) is 47.8 Å². The molecule has 1 aliphatic carbocycles. The van der Waals surface area contributed by atoms with Gasteiger partial charge in [-0.05, 0) is 32.0 Å². The molecule has 25 heavy (non-hydrogen) atoms. The van der Waals surface area contributed by atoms with Crippen molar-refractivity contribution in [3.63, 3.8) is 0 Å². The minimum absolute atomic E-state index is 0.0671. The fourth-order valence-corrected chi connectivity index (χ4v) is 3.84. The van der Waals surface area contributed by atoms with Crippen LogP contribution < -0.4 is 5.32 Å². The third-order valence-electron chi connectivity index (χ3n) is 4.88. The van der Waals surface area contributed by atoms with Gasteiger partial charge in [0.25, 0.3) is 0 Å². The average Bonchev–Trinajstić information content (AvgIpc) is 2.82. The molecule has 7 heteroatoms. The smallest absolute Gasteiger partial charge is 0.238 e. The first-order valence-electron chi connectivity index (χ1n) is 8.55. The lowest BCUT2D eigenvalue weighted by molar-refractivity contribution is -0.142. The molecule has 1 aromatic carbocycles. The molecule has 1 heterocycles. The van der Waals surface area contributed by atoms with Crippen LogP contribution in [-0.2, 0) is 14.4 Å². The Morgan fingerprint density at radius 2 is 1.80 bits per heavy atom. The molecule has 1 aliphatic heterocycles. The molecule has 3 amide bonds. The molecule has 2 fully saturated rings. The fraction of sp³-hybridized carbons (Fsp3) is 0.500. The van der Waals surface area contributed by atoms with Gasteiger partial charge in [0.15, 0.2) is 0 Å². The van der Waals surface area contributed by atoms with E-state index in [9.17, 15) is 14.4 Å². The normalized spacial score (nSPS) is 23.1. The SMILES string of the molecule is CN(CC(=O)Nc1ccccc1Cl)CN1C(=O)[C@H]2CCCC[C@H]2C1=O. The highest BCUT2D eigenvalue weighted by Crippen LogP contribution is 2.37. The van der Waals surface area contributed by atoms with Gasteiger partial charge in [-0.1, -0.05) is 36.6 Å². The number of likely N-dealkylation sites (tertiary alicyclic amines) is 1. The Balaban J connectivity index is 1.56. The van der Waals surface area contributed by atoms with Crippen LogP contribution in [0.25, 0.3) is 0 Å². The molecule has 0 spiro atoms. The average molecular weight is 364 g/mol. The second-order valence-corrected chi connectivity index (χ2v) is 7.19. The molecule has 0 bridgehead atoms. The van der Waals surface area contributed by atoms with Gasteiger partial charge in [-0.15, -0.1) is 0 Å². The van der Waals surface area contributed by atoms with E-state index in [1.54, 1.807) is 36.2 Å². The van der Waals surface area contributed by atoms with Crippen molar-refractivity contribution in [1.29, 1.82) is 0 Å². The zero-order chi connectivity index (χ0) is 18.0. The third-order valence-corrected chi connectivity index (χ3v) is 5.21. The molecule has 0 radical (unpaired) electrons.